The van der Waals surface area contributed by atoms with Gasteiger partial charge in [-0.25, -0.2) is 9.78 Å². The van der Waals surface area contributed by atoms with E-state index in [9.17, 15) is 4.79 Å². The number of rotatable bonds is 5. The largest absolute Gasteiger partial charge is 0.461 e. The Morgan fingerprint density at radius 1 is 1.55 bits per heavy atom. The molecule has 5 nitrogen and oxygen atoms in total. The molecule has 7 heteroatoms. The Kier molecular flexibility index (Phi) is 5.09. The topological polar surface area (TPSA) is 63.6 Å². The van der Waals surface area contributed by atoms with Gasteiger partial charge in [0.1, 0.15) is 0 Å². The van der Waals surface area contributed by atoms with Gasteiger partial charge in [0.05, 0.1) is 12.8 Å². The third-order valence-corrected chi connectivity index (χ3v) is 3.35. The molecule has 104 valence electrons. The van der Waals surface area contributed by atoms with Crippen LogP contribution in [0.15, 0.2) is 34.7 Å². The number of carbonyl (C=O) groups is 1. The van der Waals surface area contributed by atoms with Crippen molar-refractivity contribution in [1.82, 2.24) is 4.98 Å². The number of hydrogen-bond donors (Lipinski definition) is 1. The first-order chi connectivity index (χ1) is 9.70. The molecule has 20 heavy (non-hydrogen) atoms. The number of anilines is 1. The van der Waals surface area contributed by atoms with Crippen LogP contribution in [0.1, 0.15) is 23.0 Å². The van der Waals surface area contributed by atoms with E-state index >= 15 is 0 Å². The number of hydrazone groups is 1. The Balaban J connectivity index is 1.98. The van der Waals surface area contributed by atoms with Gasteiger partial charge in [0, 0.05) is 16.0 Å². The molecule has 1 heterocycles. The van der Waals surface area contributed by atoms with Crippen LogP contribution in [0.2, 0.25) is 5.02 Å². The van der Waals surface area contributed by atoms with Gasteiger partial charge >= 0.3 is 5.97 Å². The molecule has 1 aromatic carbocycles. The van der Waals surface area contributed by atoms with Crippen LogP contribution in [0.5, 0.6) is 0 Å². The summed E-state index contributed by atoms with van der Waals surface area (Å²) in [4.78, 5) is 15.5. The number of nitrogens with zero attached hydrogens (tertiary/aromatic N) is 2. The van der Waals surface area contributed by atoms with E-state index < -0.39 is 5.97 Å². The van der Waals surface area contributed by atoms with E-state index in [2.05, 4.69) is 15.5 Å². The van der Waals surface area contributed by atoms with Gasteiger partial charge in [-0.2, -0.15) is 5.10 Å². The molecular weight excluding hydrogens is 298 g/mol. The lowest BCUT2D eigenvalue weighted by molar-refractivity contribution is 0.0520. The van der Waals surface area contributed by atoms with Crippen molar-refractivity contribution >= 4 is 40.3 Å². The fourth-order valence-corrected chi connectivity index (χ4v) is 2.17. The smallest absolute Gasteiger partial charge is 0.357 e. The fraction of sp³-hybridized carbons (Fsp3) is 0.154. The molecule has 0 amide bonds. The first kappa shape index (κ1) is 14.5. The highest BCUT2D eigenvalue weighted by molar-refractivity contribution is 7.13. The van der Waals surface area contributed by atoms with Gasteiger partial charge < -0.3 is 4.74 Å². The van der Waals surface area contributed by atoms with E-state index in [1.54, 1.807) is 24.6 Å². The number of hydrogen-bond acceptors (Lipinski definition) is 6. The number of thiazole rings is 1. The highest BCUT2D eigenvalue weighted by atomic mass is 35.5. The summed E-state index contributed by atoms with van der Waals surface area (Å²) in [6, 6.07) is 7.35. The standard InChI is InChI=1S/C13H12ClN3O2S/c1-2-19-12(18)11-8-20-13(16-11)17-15-7-9-5-3-4-6-10(9)14/h3-8H,2H2,1H3,(H,16,17)/b15-7+. The highest BCUT2D eigenvalue weighted by Gasteiger charge is 2.10. The monoisotopic (exact) mass is 309 g/mol. The Morgan fingerprint density at radius 3 is 3.10 bits per heavy atom. The Labute approximate surface area is 125 Å². The lowest BCUT2D eigenvalue weighted by Crippen LogP contribution is -2.04. The molecule has 2 rings (SSSR count). The molecule has 0 unspecified atom stereocenters. The van der Waals surface area contributed by atoms with E-state index in [0.717, 1.165) is 5.56 Å². The minimum Gasteiger partial charge on any atom is -0.461 e. The van der Waals surface area contributed by atoms with Gasteiger partial charge in [-0.1, -0.05) is 29.8 Å². The second-order valence-electron chi connectivity index (χ2n) is 3.65. The van der Waals surface area contributed by atoms with Crippen LogP contribution in [0.4, 0.5) is 5.13 Å². The minimum absolute atomic E-state index is 0.271. The van der Waals surface area contributed by atoms with E-state index in [-0.39, 0.29) is 5.69 Å². The van der Waals surface area contributed by atoms with Crippen molar-refractivity contribution in [2.75, 3.05) is 12.0 Å². The van der Waals surface area contributed by atoms with Crippen molar-refractivity contribution in [2.45, 2.75) is 6.92 Å². The van der Waals surface area contributed by atoms with Crippen molar-refractivity contribution in [3.05, 3.63) is 45.9 Å². The zero-order chi connectivity index (χ0) is 14.4. The van der Waals surface area contributed by atoms with Crippen LogP contribution in [-0.4, -0.2) is 23.8 Å². The number of esters is 1. The van der Waals surface area contributed by atoms with Crippen molar-refractivity contribution in [1.29, 1.82) is 0 Å². The fourth-order valence-electron chi connectivity index (χ4n) is 1.36. The summed E-state index contributed by atoms with van der Waals surface area (Å²) in [6.45, 7) is 2.07. The van der Waals surface area contributed by atoms with Gasteiger partial charge in [0.2, 0.25) is 5.13 Å². The number of benzene rings is 1. The lowest BCUT2D eigenvalue weighted by Gasteiger charge is -1.97. The van der Waals surface area contributed by atoms with Gasteiger partial charge in [0.25, 0.3) is 0 Å². The molecule has 0 spiro atoms. The number of nitrogens with one attached hydrogen (secondary N) is 1. The van der Waals surface area contributed by atoms with Crippen LogP contribution in [0.3, 0.4) is 0 Å². The number of carbonyl (C=O) groups excluding carboxylic acids is 1. The zero-order valence-electron chi connectivity index (χ0n) is 10.7. The van der Waals surface area contributed by atoms with Crippen molar-refractivity contribution in [3.8, 4) is 0 Å². The van der Waals surface area contributed by atoms with Crippen molar-refractivity contribution < 1.29 is 9.53 Å². The molecule has 0 aliphatic rings. The van der Waals surface area contributed by atoms with Crippen molar-refractivity contribution in [3.63, 3.8) is 0 Å². The molecule has 0 fully saturated rings. The Bertz CT molecular complexity index is 628. The summed E-state index contributed by atoms with van der Waals surface area (Å²) in [5, 5.41) is 6.77. The van der Waals surface area contributed by atoms with E-state index in [4.69, 9.17) is 16.3 Å². The SMILES string of the molecule is CCOC(=O)c1csc(N/N=C/c2ccccc2Cl)n1. The molecule has 0 atom stereocenters. The Morgan fingerprint density at radius 2 is 2.35 bits per heavy atom. The molecule has 0 saturated carbocycles. The maximum Gasteiger partial charge on any atom is 0.357 e. The first-order valence-corrected chi connectivity index (χ1v) is 7.12. The summed E-state index contributed by atoms with van der Waals surface area (Å²) in [5.74, 6) is -0.438. The van der Waals surface area contributed by atoms with Crippen LogP contribution in [0.25, 0.3) is 0 Å². The maximum absolute atomic E-state index is 11.4. The number of ether oxygens (including phenoxy) is 1. The summed E-state index contributed by atoms with van der Waals surface area (Å²) < 4.78 is 4.85. The summed E-state index contributed by atoms with van der Waals surface area (Å²) in [6.07, 6.45) is 1.59. The summed E-state index contributed by atoms with van der Waals surface area (Å²) >= 11 is 7.27. The molecule has 0 saturated heterocycles. The second kappa shape index (κ2) is 7.02. The lowest BCUT2D eigenvalue weighted by atomic mass is 10.2. The first-order valence-electron chi connectivity index (χ1n) is 5.87. The second-order valence-corrected chi connectivity index (χ2v) is 4.92. The Hall–Kier alpha value is -1.92. The molecule has 2 aromatic rings. The molecule has 1 aromatic heterocycles. The highest BCUT2D eigenvalue weighted by Crippen LogP contribution is 2.16. The van der Waals surface area contributed by atoms with Crippen LogP contribution in [-0.2, 0) is 4.74 Å². The number of halogens is 1. The summed E-state index contributed by atoms with van der Waals surface area (Å²) in [7, 11) is 0. The average Bonchev–Trinajstić information content (AvgIpc) is 2.90. The number of aromatic nitrogens is 1. The van der Waals surface area contributed by atoms with Gasteiger partial charge in [-0.3, -0.25) is 5.43 Å². The zero-order valence-corrected chi connectivity index (χ0v) is 12.2. The van der Waals surface area contributed by atoms with Gasteiger partial charge in [-0.15, -0.1) is 11.3 Å². The third-order valence-electron chi connectivity index (χ3n) is 2.26. The quantitative estimate of drug-likeness (QED) is 0.522. The van der Waals surface area contributed by atoms with E-state index in [1.165, 1.54) is 11.3 Å². The average molecular weight is 310 g/mol. The maximum atomic E-state index is 11.4. The van der Waals surface area contributed by atoms with Crippen LogP contribution in [0, 0.1) is 0 Å². The van der Waals surface area contributed by atoms with Crippen molar-refractivity contribution in [2.24, 2.45) is 5.10 Å². The van der Waals surface area contributed by atoms with Crippen LogP contribution < -0.4 is 5.43 Å². The third kappa shape index (κ3) is 3.79. The van der Waals surface area contributed by atoms with Crippen LogP contribution >= 0.6 is 22.9 Å². The predicted octanol–water partition coefficient (Wildman–Crippen LogP) is 3.42. The predicted molar refractivity (Wildman–Crippen MR) is 80.7 cm³/mol. The molecule has 1 N–H and O–H groups in total. The normalized spacial score (nSPS) is 10.7. The molecule has 0 aliphatic heterocycles. The molecular formula is C13H12ClN3O2S. The molecule has 0 radical (unpaired) electrons. The van der Waals surface area contributed by atoms with E-state index in [1.807, 2.05) is 18.2 Å². The molecule has 0 bridgehead atoms. The van der Waals surface area contributed by atoms with Gasteiger partial charge in [0.15, 0.2) is 5.69 Å². The van der Waals surface area contributed by atoms with Gasteiger partial charge in [-0.05, 0) is 13.0 Å². The summed E-state index contributed by atoms with van der Waals surface area (Å²) in [5.41, 5.74) is 3.81. The molecule has 0 aliphatic carbocycles. The minimum atomic E-state index is -0.438. The van der Waals surface area contributed by atoms with E-state index in [0.29, 0.717) is 16.8 Å².